The topological polar surface area (TPSA) is 0 Å². The lowest BCUT2D eigenvalue weighted by Gasteiger charge is -2.18. The Balaban J connectivity index is 1.33. The van der Waals surface area contributed by atoms with Crippen LogP contribution in [0.5, 0.6) is 0 Å². The first kappa shape index (κ1) is 34.4. The van der Waals surface area contributed by atoms with Crippen molar-refractivity contribution in [1.82, 2.24) is 0 Å². The molecule has 0 aliphatic rings. The summed E-state index contributed by atoms with van der Waals surface area (Å²) in [7, 11) is 0. The normalized spacial score (nSPS) is 11.4. The lowest BCUT2D eigenvalue weighted by Crippen LogP contribution is -1.92. The van der Waals surface area contributed by atoms with Crippen LogP contribution in [0.4, 0.5) is 0 Å². The third-order valence-electron chi connectivity index (χ3n) is 8.60. The molecular formula is C46H30Br4. The lowest BCUT2D eigenvalue weighted by atomic mass is 9.90. The minimum Gasteiger partial charge on any atom is -0.0622 e. The predicted molar refractivity (Wildman–Crippen MR) is 230 cm³/mol. The second-order valence-corrected chi connectivity index (χ2v) is 15.3. The van der Waals surface area contributed by atoms with Crippen molar-refractivity contribution < 1.29 is 0 Å². The van der Waals surface area contributed by atoms with E-state index in [9.17, 15) is 0 Å². The molecule has 0 radical (unpaired) electrons. The average molecular weight is 902 g/mol. The van der Waals surface area contributed by atoms with E-state index in [1.165, 1.54) is 22.3 Å². The van der Waals surface area contributed by atoms with Gasteiger partial charge in [-0.05, 0) is 103 Å². The molecule has 4 heteroatoms. The van der Waals surface area contributed by atoms with E-state index >= 15 is 0 Å². The predicted octanol–water partition coefficient (Wildman–Crippen LogP) is 15.7. The van der Waals surface area contributed by atoms with Gasteiger partial charge in [0.25, 0.3) is 0 Å². The van der Waals surface area contributed by atoms with Gasteiger partial charge in [0.15, 0.2) is 0 Å². The van der Waals surface area contributed by atoms with Gasteiger partial charge in [0.05, 0.1) is 0 Å². The van der Waals surface area contributed by atoms with Crippen LogP contribution in [0, 0.1) is 0 Å². The monoisotopic (exact) mass is 898 g/mol. The molecule has 0 saturated carbocycles. The van der Waals surface area contributed by atoms with Gasteiger partial charge >= 0.3 is 0 Å². The van der Waals surface area contributed by atoms with Crippen molar-refractivity contribution in [2.45, 2.75) is 0 Å². The summed E-state index contributed by atoms with van der Waals surface area (Å²) in [5.41, 5.74) is 13.6. The highest BCUT2D eigenvalue weighted by Crippen LogP contribution is 2.46. The van der Waals surface area contributed by atoms with Gasteiger partial charge in [-0.1, -0.05) is 209 Å². The number of hydrogen-bond donors (Lipinski definition) is 0. The molecule has 0 atom stereocenters. The number of hydrogen-bond acceptors (Lipinski definition) is 0. The Hall–Kier alpha value is -4.06. The molecular weight excluding hydrogens is 872 g/mol. The van der Waals surface area contributed by atoms with E-state index in [0.717, 1.165) is 62.4 Å². The fourth-order valence-corrected chi connectivity index (χ4v) is 8.30. The van der Waals surface area contributed by atoms with E-state index in [-0.39, 0.29) is 0 Å². The molecule has 0 aromatic heterocycles. The Bertz CT molecular complexity index is 2330. The Morgan fingerprint density at radius 3 is 1.06 bits per heavy atom. The molecule has 0 nitrogen and oxygen atoms in total. The molecule has 0 fully saturated rings. The maximum Gasteiger partial charge on any atom is 0.0261 e. The maximum atomic E-state index is 3.98. The molecule has 0 heterocycles. The molecule has 0 aliphatic carbocycles. The van der Waals surface area contributed by atoms with Crippen LogP contribution in [0.2, 0.25) is 0 Å². The summed E-state index contributed by atoms with van der Waals surface area (Å²) in [6, 6.07) is 55.4. The zero-order valence-electron chi connectivity index (χ0n) is 26.8. The molecule has 50 heavy (non-hydrogen) atoms. The van der Waals surface area contributed by atoms with Gasteiger partial charge < -0.3 is 0 Å². The van der Waals surface area contributed by atoms with Crippen molar-refractivity contribution in [1.29, 1.82) is 0 Å². The molecule has 0 spiro atoms. The van der Waals surface area contributed by atoms with Crippen LogP contribution in [0.1, 0.15) is 22.3 Å². The molecule has 0 aliphatic heterocycles. The second kappa shape index (κ2) is 15.9. The van der Waals surface area contributed by atoms with Crippen molar-refractivity contribution >= 4 is 88.0 Å². The van der Waals surface area contributed by atoms with E-state index in [4.69, 9.17) is 0 Å². The highest BCUT2D eigenvalue weighted by molar-refractivity contribution is 9.11. The summed E-state index contributed by atoms with van der Waals surface area (Å²) >= 11 is 15.8. The van der Waals surface area contributed by atoms with E-state index in [1.54, 1.807) is 0 Å². The van der Waals surface area contributed by atoms with Crippen LogP contribution in [-0.4, -0.2) is 0 Å². The highest BCUT2D eigenvalue weighted by Gasteiger charge is 2.18. The summed E-state index contributed by atoms with van der Waals surface area (Å²) in [6.07, 6.45) is 8.71. The van der Waals surface area contributed by atoms with Gasteiger partial charge in [0.2, 0.25) is 0 Å². The van der Waals surface area contributed by atoms with Crippen molar-refractivity contribution in [3.8, 4) is 44.5 Å². The Kier molecular flexibility index (Phi) is 10.9. The van der Waals surface area contributed by atoms with Gasteiger partial charge in [-0.15, -0.1) is 0 Å². The molecule has 0 saturated heterocycles. The summed E-state index contributed by atoms with van der Waals surface area (Å²) < 4.78 is 4.05. The molecule has 0 bridgehead atoms. The first-order valence-corrected chi connectivity index (χ1v) is 19.4. The highest BCUT2D eigenvalue weighted by atomic mass is 79.9. The fraction of sp³-hybridized carbons (Fsp3) is 0. The molecule has 7 aromatic carbocycles. The van der Waals surface area contributed by atoms with Gasteiger partial charge in [-0.3, -0.25) is 0 Å². The van der Waals surface area contributed by atoms with Crippen molar-refractivity contribution in [2.75, 3.05) is 0 Å². The zero-order chi connectivity index (χ0) is 34.5. The fourth-order valence-electron chi connectivity index (χ4n) is 6.05. The van der Waals surface area contributed by atoms with Gasteiger partial charge in [-0.2, -0.15) is 0 Å². The first-order chi connectivity index (χ1) is 24.4. The van der Waals surface area contributed by atoms with Gasteiger partial charge in [0, 0.05) is 17.9 Å². The molecule has 7 aromatic rings. The third-order valence-corrected chi connectivity index (χ3v) is 11.2. The summed E-state index contributed by atoms with van der Waals surface area (Å²) in [5.74, 6) is 0. The molecule has 0 unspecified atom stereocenters. The van der Waals surface area contributed by atoms with Gasteiger partial charge in [-0.25, -0.2) is 0 Å². The quantitative estimate of drug-likeness (QED) is 0.133. The van der Waals surface area contributed by atoms with Crippen LogP contribution in [0.3, 0.4) is 0 Å². The second-order valence-electron chi connectivity index (χ2n) is 11.9. The van der Waals surface area contributed by atoms with Crippen molar-refractivity contribution in [3.63, 3.8) is 0 Å². The summed E-state index contributed by atoms with van der Waals surface area (Å²) in [4.78, 5) is 0. The van der Waals surface area contributed by atoms with E-state index in [0.29, 0.717) is 0 Å². The van der Waals surface area contributed by atoms with Crippen molar-refractivity contribution in [3.05, 3.63) is 198 Å². The smallest absolute Gasteiger partial charge is 0.0261 e. The maximum absolute atomic E-state index is 3.98. The lowest BCUT2D eigenvalue weighted by molar-refractivity contribution is 1.49. The Morgan fingerprint density at radius 1 is 0.280 bits per heavy atom. The van der Waals surface area contributed by atoms with Crippen LogP contribution in [-0.2, 0) is 0 Å². The average Bonchev–Trinajstić information content (AvgIpc) is 3.16. The zero-order valence-corrected chi connectivity index (χ0v) is 33.2. The van der Waals surface area contributed by atoms with Gasteiger partial charge in [0.1, 0.15) is 0 Å². The minimum atomic E-state index is 1.00. The van der Waals surface area contributed by atoms with Crippen LogP contribution >= 0.6 is 63.7 Å². The Morgan fingerprint density at radius 2 is 0.600 bits per heavy atom. The SMILES string of the molecule is Brc1cc(-c2cc(-c3ccccc3)c(-c3ccccc3)cc2Br)c(Br)cc1-c1cc(C=Cc2ccccc2)c(C=Cc2ccccc2)cc1Br. The number of halogens is 4. The standard InChI is InChI=1S/C46H30Br4/c47-43-26-36(24-22-32-15-7-2-8-16-32)35(23-21-31-13-5-1-6-14-31)25-39(43)41-29-46(50)42(30-45(41)49)40-27-37(33-17-9-3-10-18-33)38(28-44(40)48)34-19-11-4-12-20-34/h1-30H. The Labute approximate surface area is 327 Å². The molecule has 7 rings (SSSR count). The number of rotatable bonds is 8. The summed E-state index contributed by atoms with van der Waals surface area (Å²) in [6.45, 7) is 0. The van der Waals surface area contributed by atoms with E-state index in [1.807, 2.05) is 12.1 Å². The molecule has 0 amide bonds. The van der Waals surface area contributed by atoms with Crippen molar-refractivity contribution in [2.24, 2.45) is 0 Å². The van der Waals surface area contributed by atoms with Crippen LogP contribution < -0.4 is 0 Å². The summed E-state index contributed by atoms with van der Waals surface area (Å²) in [5, 5.41) is 0. The third kappa shape index (κ3) is 7.80. The van der Waals surface area contributed by atoms with E-state index < -0.39 is 0 Å². The molecule has 0 N–H and O–H groups in total. The van der Waals surface area contributed by atoms with Crippen LogP contribution in [0.25, 0.3) is 68.8 Å². The number of benzene rings is 7. The largest absolute Gasteiger partial charge is 0.0622 e. The van der Waals surface area contributed by atoms with Crippen LogP contribution in [0.15, 0.2) is 176 Å². The minimum absolute atomic E-state index is 1.00. The molecule has 242 valence electrons. The first-order valence-electron chi connectivity index (χ1n) is 16.2. The van der Waals surface area contributed by atoms with E-state index in [2.05, 4.69) is 234 Å².